The summed E-state index contributed by atoms with van der Waals surface area (Å²) < 4.78 is 43.0. The third-order valence-corrected chi connectivity index (χ3v) is 3.12. The van der Waals surface area contributed by atoms with E-state index in [0.29, 0.717) is 0 Å². The van der Waals surface area contributed by atoms with Crippen molar-refractivity contribution in [3.8, 4) is 0 Å². The summed E-state index contributed by atoms with van der Waals surface area (Å²) in [7, 11) is 0. The molecule has 18 heavy (non-hydrogen) atoms. The van der Waals surface area contributed by atoms with E-state index in [1.165, 1.54) is 0 Å². The van der Waals surface area contributed by atoms with E-state index >= 15 is 0 Å². The predicted molar refractivity (Wildman–Crippen MR) is 60.2 cm³/mol. The van der Waals surface area contributed by atoms with Crippen LogP contribution < -0.4 is 5.32 Å². The normalized spacial score (nSPS) is 23.1. The highest BCUT2D eigenvalue weighted by Gasteiger charge is 2.47. The van der Waals surface area contributed by atoms with E-state index in [9.17, 15) is 18.0 Å². The molecule has 1 rings (SSSR count). The summed E-state index contributed by atoms with van der Waals surface area (Å²) in [5.74, 6) is 0.166. The summed E-state index contributed by atoms with van der Waals surface area (Å²) in [5.41, 5.74) is 0. The molecule has 0 saturated carbocycles. The van der Waals surface area contributed by atoms with Crippen LogP contribution >= 0.6 is 0 Å². The van der Waals surface area contributed by atoms with Gasteiger partial charge in [-0.3, -0.25) is 0 Å². The van der Waals surface area contributed by atoms with Crippen LogP contribution in [0.5, 0.6) is 0 Å². The van der Waals surface area contributed by atoms with Crippen LogP contribution in [-0.2, 0) is 4.74 Å². The largest absolute Gasteiger partial charge is 0.411 e. The predicted octanol–water partition coefficient (Wildman–Crippen LogP) is 2.00. The number of rotatable bonds is 2. The van der Waals surface area contributed by atoms with E-state index in [0.717, 1.165) is 4.90 Å². The number of urea groups is 1. The van der Waals surface area contributed by atoms with Crippen molar-refractivity contribution in [2.75, 3.05) is 19.8 Å². The molecule has 1 aliphatic heterocycles. The van der Waals surface area contributed by atoms with Crippen LogP contribution in [0.4, 0.5) is 18.0 Å². The number of morpholine rings is 1. The van der Waals surface area contributed by atoms with Crippen molar-refractivity contribution in [3.63, 3.8) is 0 Å². The van der Waals surface area contributed by atoms with Gasteiger partial charge in [-0.25, -0.2) is 4.79 Å². The maximum absolute atomic E-state index is 12.7. The molecule has 0 bridgehead atoms. The molecule has 0 radical (unpaired) electrons. The zero-order valence-corrected chi connectivity index (χ0v) is 10.8. The number of nitrogens with one attached hydrogen (secondary N) is 1. The molecule has 1 fully saturated rings. The zero-order chi connectivity index (χ0) is 13.9. The summed E-state index contributed by atoms with van der Waals surface area (Å²) in [5, 5.41) is 2.58. The molecular weight excluding hydrogens is 249 g/mol. The molecule has 1 saturated heterocycles. The first-order valence-electron chi connectivity index (χ1n) is 5.95. The molecule has 1 heterocycles. The van der Waals surface area contributed by atoms with Crippen molar-refractivity contribution in [1.82, 2.24) is 10.2 Å². The summed E-state index contributed by atoms with van der Waals surface area (Å²) in [6.45, 7) is 5.16. The van der Waals surface area contributed by atoms with Gasteiger partial charge in [-0.15, -0.1) is 0 Å². The van der Waals surface area contributed by atoms with E-state index in [1.54, 1.807) is 6.92 Å². The summed E-state index contributed by atoms with van der Waals surface area (Å²) in [4.78, 5) is 12.6. The highest BCUT2D eigenvalue weighted by atomic mass is 19.4. The number of carbonyl (C=O) groups is 1. The Balaban J connectivity index is 2.69. The van der Waals surface area contributed by atoms with Gasteiger partial charge in [0.15, 0.2) is 6.04 Å². The second kappa shape index (κ2) is 5.77. The van der Waals surface area contributed by atoms with E-state index in [2.05, 4.69) is 5.32 Å². The number of hydrogen-bond acceptors (Lipinski definition) is 2. The Bertz CT molecular complexity index is 295. The fraction of sp³-hybridized carbons (Fsp3) is 0.909. The van der Waals surface area contributed by atoms with Crippen LogP contribution in [0.25, 0.3) is 0 Å². The van der Waals surface area contributed by atoms with Crippen molar-refractivity contribution in [2.24, 2.45) is 5.92 Å². The van der Waals surface area contributed by atoms with Crippen molar-refractivity contribution < 1.29 is 22.7 Å². The molecule has 1 N–H and O–H groups in total. The number of alkyl halides is 3. The lowest BCUT2D eigenvalue weighted by molar-refractivity contribution is -0.202. The van der Waals surface area contributed by atoms with E-state index in [4.69, 9.17) is 4.74 Å². The van der Waals surface area contributed by atoms with E-state index in [1.807, 2.05) is 13.8 Å². The number of amides is 2. The number of nitrogens with zero attached hydrogens (tertiary/aromatic N) is 1. The highest BCUT2D eigenvalue weighted by molar-refractivity contribution is 5.75. The zero-order valence-electron chi connectivity index (χ0n) is 10.8. The highest BCUT2D eigenvalue weighted by Crippen LogP contribution is 2.27. The number of hydrogen-bond donors (Lipinski definition) is 1. The molecule has 0 unspecified atom stereocenters. The minimum Gasteiger partial charge on any atom is -0.377 e. The lowest BCUT2D eigenvalue weighted by Crippen LogP contribution is -2.59. The molecule has 2 amide bonds. The van der Waals surface area contributed by atoms with Gasteiger partial charge in [0.1, 0.15) is 0 Å². The lowest BCUT2D eigenvalue weighted by Gasteiger charge is -2.37. The van der Waals surface area contributed by atoms with Gasteiger partial charge >= 0.3 is 12.2 Å². The molecule has 0 aromatic rings. The quantitative estimate of drug-likeness (QED) is 0.832. The second-order valence-electron chi connectivity index (χ2n) is 4.81. The fourth-order valence-corrected chi connectivity index (χ4v) is 1.56. The number of ether oxygens (including phenoxy) is 1. The topological polar surface area (TPSA) is 41.6 Å². The van der Waals surface area contributed by atoms with Gasteiger partial charge < -0.3 is 15.0 Å². The first kappa shape index (κ1) is 15.1. The van der Waals surface area contributed by atoms with Crippen molar-refractivity contribution in [3.05, 3.63) is 0 Å². The molecule has 106 valence electrons. The van der Waals surface area contributed by atoms with Gasteiger partial charge in [-0.1, -0.05) is 13.8 Å². The summed E-state index contributed by atoms with van der Waals surface area (Å²) >= 11 is 0. The Hall–Kier alpha value is -0.980. The van der Waals surface area contributed by atoms with Crippen LogP contribution in [-0.4, -0.2) is 48.9 Å². The molecule has 0 aromatic carbocycles. The van der Waals surface area contributed by atoms with Crippen LogP contribution in [0.15, 0.2) is 0 Å². The Labute approximate surface area is 104 Å². The van der Waals surface area contributed by atoms with E-state index in [-0.39, 0.29) is 25.1 Å². The third kappa shape index (κ3) is 3.76. The fourth-order valence-electron chi connectivity index (χ4n) is 1.56. The molecule has 0 aliphatic carbocycles. The van der Waals surface area contributed by atoms with Crippen LogP contribution in [0.2, 0.25) is 0 Å². The molecule has 2 atom stereocenters. The lowest BCUT2D eigenvalue weighted by atomic mass is 10.1. The Morgan fingerprint density at radius 1 is 1.39 bits per heavy atom. The maximum atomic E-state index is 12.7. The van der Waals surface area contributed by atoms with Crippen LogP contribution in [0, 0.1) is 5.92 Å². The summed E-state index contributed by atoms with van der Waals surface area (Å²) in [6.07, 6.45) is -4.46. The average Bonchev–Trinajstić information content (AvgIpc) is 2.27. The number of carbonyl (C=O) groups excluding carboxylic acids is 1. The Morgan fingerprint density at radius 2 is 2.00 bits per heavy atom. The summed E-state index contributed by atoms with van der Waals surface area (Å²) in [6, 6.07) is -2.71. The first-order valence-corrected chi connectivity index (χ1v) is 5.95. The third-order valence-electron chi connectivity index (χ3n) is 3.12. The van der Waals surface area contributed by atoms with Gasteiger partial charge in [0.05, 0.1) is 13.2 Å². The monoisotopic (exact) mass is 268 g/mol. The molecular formula is C11H19F3N2O2. The van der Waals surface area contributed by atoms with Gasteiger partial charge in [-0.2, -0.15) is 13.2 Å². The van der Waals surface area contributed by atoms with Gasteiger partial charge in [0, 0.05) is 12.6 Å². The van der Waals surface area contributed by atoms with Crippen molar-refractivity contribution >= 4 is 6.03 Å². The molecule has 4 nitrogen and oxygen atoms in total. The van der Waals surface area contributed by atoms with Gasteiger partial charge in [0.2, 0.25) is 0 Å². The van der Waals surface area contributed by atoms with Crippen molar-refractivity contribution in [1.29, 1.82) is 0 Å². The second-order valence-corrected chi connectivity index (χ2v) is 4.81. The maximum Gasteiger partial charge on any atom is 0.411 e. The van der Waals surface area contributed by atoms with E-state index < -0.39 is 24.9 Å². The molecule has 0 spiro atoms. The standard InChI is InChI=1S/C11H19F3N2O2/c1-7(2)8(3)15-10(17)16-4-5-18-6-9(16)11(12,13)14/h7-9H,4-6H2,1-3H3,(H,15,17)/t8-,9-/m1/s1. The Morgan fingerprint density at radius 3 is 2.50 bits per heavy atom. The first-order chi connectivity index (χ1) is 8.23. The van der Waals surface area contributed by atoms with Crippen LogP contribution in [0.1, 0.15) is 20.8 Å². The molecule has 0 aromatic heterocycles. The number of halogens is 3. The average molecular weight is 268 g/mol. The molecule has 1 aliphatic rings. The molecule has 7 heteroatoms. The minimum atomic E-state index is -4.46. The smallest absolute Gasteiger partial charge is 0.377 e. The van der Waals surface area contributed by atoms with Gasteiger partial charge in [0.25, 0.3) is 0 Å². The van der Waals surface area contributed by atoms with Crippen molar-refractivity contribution in [2.45, 2.75) is 39.0 Å². The minimum absolute atomic E-state index is 0.0408. The van der Waals surface area contributed by atoms with Crippen LogP contribution in [0.3, 0.4) is 0 Å². The SMILES string of the molecule is CC(C)[C@@H](C)NC(=O)N1CCOC[C@@H]1C(F)(F)F. The Kier molecular flexibility index (Phi) is 4.84. The van der Waals surface area contributed by atoms with Gasteiger partial charge in [-0.05, 0) is 12.8 Å².